The average Bonchev–Trinajstić information content (AvgIpc) is 2.65. The molecule has 0 saturated carbocycles. The topological polar surface area (TPSA) is 66.6 Å². The standard InChI is InChI=1S/C14H25N3O2S/c1-4-14(5-2,12(15)20)13(19)17-8-6-7-16(9-10-17)11(3)18/h4-10H2,1-3H3,(H2,15,20). The van der Waals surface area contributed by atoms with Crippen molar-refractivity contribution in [3.63, 3.8) is 0 Å². The van der Waals surface area contributed by atoms with Crippen LogP contribution < -0.4 is 5.73 Å². The summed E-state index contributed by atoms with van der Waals surface area (Å²) in [6.07, 6.45) is 2.03. The smallest absolute Gasteiger partial charge is 0.235 e. The van der Waals surface area contributed by atoms with Gasteiger partial charge in [-0.1, -0.05) is 26.1 Å². The lowest BCUT2D eigenvalue weighted by molar-refractivity contribution is -0.139. The largest absolute Gasteiger partial charge is 0.392 e. The van der Waals surface area contributed by atoms with E-state index >= 15 is 0 Å². The predicted molar refractivity (Wildman–Crippen MR) is 83.3 cm³/mol. The Morgan fingerprint density at radius 1 is 1.10 bits per heavy atom. The lowest BCUT2D eigenvalue weighted by atomic mass is 9.80. The van der Waals surface area contributed by atoms with Gasteiger partial charge in [0.15, 0.2) is 0 Å². The Kier molecular flexibility index (Phi) is 5.92. The van der Waals surface area contributed by atoms with Crippen LogP contribution in [0.5, 0.6) is 0 Å². The molecule has 0 aliphatic carbocycles. The Labute approximate surface area is 126 Å². The van der Waals surface area contributed by atoms with E-state index in [1.54, 1.807) is 11.8 Å². The van der Waals surface area contributed by atoms with Gasteiger partial charge in [-0.05, 0) is 19.3 Å². The van der Waals surface area contributed by atoms with Crippen LogP contribution in [0, 0.1) is 5.41 Å². The summed E-state index contributed by atoms with van der Waals surface area (Å²) in [4.78, 5) is 28.1. The highest BCUT2D eigenvalue weighted by molar-refractivity contribution is 7.80. The first-order chi connectivity index (χ1) is 9.39. The van der Waals surface area contributed by atoms with Crippen LogP contribution in [0.4, 0.5) is 0 Å². The molecule has 0 aromatic heterocycles. The molecular weight excluding hydrogens is 274 g/mol. The third kappa shape index (κ3) is 3.29. The van der Waals surface area contributed by atoms with Crippen LogP contribution in [0.1, 0.15) is 40.0 Å². The van der Waals surface area contributed by atoms with Gasteiger partial charge in [0.25, 0.3) is 0 Å². The summed E-state index contributed by atoms with van der Waals surface area (Å²) in [6.45, 7) is 7.96. The van der Waals surface area contributed by atoms with Gasteiger partial charge in [0.2, 0.25) is 11.8 Å². The number of hydrogen-bond donors (Lipinski definition) is 1. The summed E-state index contributed by atoms with van der Waals surface area (Å²) in [7, 11) is 0. The molecule has 1 rings (SSSR count). The quantitative estimate of drug-likeness (QED) is 0.791. The van der Waals surface area contributed by atoms with Crippen molar-refractivity contribution in [2.24, 2.45) is 11.1 Å². The third-order valence-electron chi connectivity index (χ3n) is 4.32. The number of hydrogen-bond acceptors (Lipinski definition) is 3. The maximum atomic E-state index is 12.8. The normalized spacial score (nSPS) is 16.8. The van der Waals surface area contributed by atoms with E-state index in [1.807, 2.05) is 18.7 Å². The van der Waals surface area contributed by atoms with Gasteiger partial charge in [0.1, 0.15) is 0 Å². The number of nitrogens with two attached hydrogens (primary N) is 1. The summed E-state index contributed by atoms with van der Waals surface area (Å²) < 4.78 is 0. The van der Waals surface area contributed by atoms with E-state index in [2.05, 4.69) is 0 Å². The van der Waals surface area contributed by atoms with E-state index in [-0.39, 0.29) is 16.8 Å². The zero-order valence-electron chi connectivity index (χ0n) is 12.6. The van der Waals surface area contributed by atoms with Crippen molar-refractivity contribution in [1.29, 1.82) is 0 Å². The van der Waals surface area contributed by atoms with Crippen LogP contribution >= 0.6 is 12.2 Å². The summed E-state index contributed by atoms with van der Waals surface area (Å²) in [5.41, 5.74) is 5.10. The van der Waals surface area contributed by atoms with E-state index in [4.69, 9.17) is 18.0 Å². The molecule has 1 fully saturated rings. The van der Waals surface area contributed by atoms with Crippen LogP contribution in [0.15, 0.2) is 0 Å². The lowest BCUT2D eigenvalue weighted by Crippen LogP contribution is -2.51. The Bertz CT molecular complexity index is 394. The number of thiocarbonyl (C=S) groups is 1. The second kappa shape index (κ2) is 7.02. The molecule has 1 saturated heterocycles. The van der Waals surface area contributed by atoms with E-state index in [1.165, 1.54) is 0 Å². The lowest BCUT2D eigenvalue weighted by Gasteiger charge is -2.34. The van der Waals surface area contributed by atoms with Gasteiger partial charge in [-0.25, -0.2) is 0 Å². The molecule has 0 unspecified atom stereocenters. The van der Waals surface area contributed by atoms with E-state index < -0.39 is 5.41 Å². The molecule has 0 atom stereocenters. The molecule has 0 spiro atoms. The highest BCUT2D eigenvalue weighted by atomic mass is 32.1. The zero-order valence-corrected chi connectivity index (χ0v) is 13.5. The number of nitrogens with zero attached hydrogens (tertiary/aromatic N) is 2. The first-order valence-electron chi connectivity index (χ1n) is 7.23. The SMILES string of the molecule is CCC(CC)(C(=O)N1CCCN(C(C)=O)CC1)C(N)=S. The van der Waals surface area contributed by atoms with Crippen LogP contribution in [0.25, 0.3) is 0 Å². The first-order valence-corrected chi connectivity index (χ1v) is 7.64. The summed E-state index contributed by atoms with van der Waals surface area (Å²) in [5, 5.41) is 0. The van der Waals surface area contributed by atoms with Gasteiger partial charge in [0, 0.05) is 33.1 Å². The zero-order chi connectivity index (χ0) is 15.3. The van der Waals surface area contributed by atoms with Crippen molar-refractivity contribution in [2.45, 2.75) is 40.0 Å². The molecule has 0 radical (unpaired) electrons. The third-order valence-corrected chi connectivity index (χ3v) is 4.71. The number of amides is 2. The molecule has 20 heavy (non-hydrogen) atoms. The van der Waals surface area contributed by atoms with E-state index in [0.29, 0.717) is 39.0 Å². The number of rotatable bonds is 4. The van der Waals surface area contributed by atoms with Crippen molar-refractivity contribution in [3.05, 3.63) is 0 Å². The molecule has 1 heterocycles. The van der Waals surface area contributed by atoms with Crippen LogP contribution in [-0.2, 0) is 9.59 Å². The molecule has 0 bridgehead atoms. The summed E-state index contributed by atoms with van der Waals surface area (Å²) >= 11 is 5.14. The molecule has 0 aromatic carbocycles. The van der Waals surface area contributed by atoms with Crippen LogP contribution in [0.2, 0.25) is 0 Å². The Morgan fingerprint density at radius 3 is 2.05 bits per heavy atom. The minimum atomic E-state index is -0.735. The molecule has 5 nitrogen and oxygen atoms in total. The fourth-order valence-electron chi connectivity index (χ4n) is 2.74. The molecule has 2 amide bonds. The molecule has 0 aromatic rings. The Balaban J connectivity index is 2.86. The van der Waals surface area contributed by atoms with Crippen molar-refractivity contribution in [2.75, 3.05) is 26.2 Å². The maximum Gasteiger partial charge on any atom is 0.235 e. The van der Waals surface area contributed by atoms with Gasteiger partial charge in [-0.15, -0.1) is 0 Å². The van der Waals surface area contributed by atoms with Gasteiger partial charge in [0.05, 0.1) is 10.4 Å². The first kappa shape index (κ1) is 16.9. The molecule has 1 aliphatic heterocycles. The fourth-order valence-corrected chi connectivity index (χ4v) is 3.12. The van der Waals surface area contributed by atoms with Gasteiger partial charge in [-0.2, -0.15) is 0 Å². The van der Waals surface area contributed by atoms with E-state index in [0.717, 1.165) is 6.42 Å². The Morgan fingerprint density at radius 2 is 1.60 bits per heavy atom. The van der Waals surface area contributed by atoms with E-state index in [9.17, 15) is 9.59 Å². The Hall–Kier alpha value is -1.17. The van der Waals surface area contributed by atoms with Gasteiger partial charge >= 0.3 is 0 Å². The van der Waals surface area contributed by atoms with Crippen molar-refractivity contribution >= 4 is 29.0 Å². The molecule has 114 valence electrons. The summed E-state index contributed by atoms with van der Waals surface area (Å²) in [5.74, 6) is 0.0753. The summed E-state index contributed by atoms with van der Waals surface area (Å²) in [6, 6.07) is 0. The molecule has 1 aliphatic rings. The highest BCUT2D eigenvalue weighted by Crippen LogP contribution is 2.30. The molecule has 2 N–H and O–H groups in total. The van der Waals surface area contributed by atoms with Crippen molar-refractivity contribution in [3.8, 4) is 0 Å². The average molecular weight is 299 g/mol. The second-order valence-corrected chi connectivity index (χ2v) is 5.75. The fraction of sp³-hybridized carbons (Fsp3) is 0.786. The predicted octanol–water partition coefficient (Wildman–Crippen LogP) is 1.16. The monoisotopic (exact) mass is 299 g/mol. The highest BCUT2D eigenvalue weighted by Gasteiger charge is 2.41. The van der Waals surface area contributed by atoms with Gasteiger partial charge < -0.3 is 15.5 Å². The second-order valence-electron chi connectivity index (χ2n) is 5.31. The van der Waals surface area contributed by atoms with Crippen LogP contribution in [-0.4, -0.2) is 52.8 Å². The van der Waals surface area contributed by atoms with Gasteiger partial charge in [-0.3, -0.25) is 9.59 Å². The minimum absolute atomic E-state index is 0.0143. The van der Waals surface area contributed by atoms with Crippen molar-refractivity contribution in [1.82, 2.24) is 9.80 Å². The van der Waals surface area contributed by atoms with Crippen LogP contribution in [0.3, 0.4) is 0 Å². The van der Waals surface area contributed by atoms with Crippen molar-refractivity contribution < 1.29 is 9.59 Å². The number of carbonyl (C=O) groups excluding carboxylic acids is 2. The minimum Gasteiger partial charge on any atom is -0.392 e. The molecular formula is C14H25N3O2S. The molecule has 6 heteroatoms. The maximum absolute atomic E-state index is 12.8. The number of carbonyl (C=O) groups is 2.